The van der Waals surface area contributed by atoms with E-state index in [-0.39, 0.29) is 11.8 Å². The van der Waals surface area contributed by atoms with Crippen LogP contribution in [0.3, 0.4) is 0 Å². The number of carbonyl (C=O) groups excluding carboxylic acids is 2. The van der Waals surface area contributed by atoms with E-state index in [0.717, 1.165) is 32.6 Å². The molecule has 5 heteroatoms. The van der Waals surface area contributed by atoms with Crippen LogP contribution in [0.25, 0.3) is 21.9 Å². The zero-order valence-corrected chi connectivity index (χ0v) is 18.1. The summed E-state index contributed by atoms with van der Waals surface area (Å²) < 4.78 is 0. The number of benzene rings is 4. The summed E-state index contributed by atoms with van der Waals surface area (Å²) in [5.74, 6) is -0.432. The number of halogens is 1. The first kappa shape index (κ1) is 20.3. The molecule has 5 rings (SSSR count). The maximum atomic E-state index is 12.9. The Bertz CT molecular complexity index is 1260. The van der Waals surface area contributed by atoms with Gasteiger partial charge in [-0.15, -0.1) is 0 Å². The van der Waals surface area contributed by atoms with Crippen molar-refractivity contribution in [3.63, 3.8) is 0 Å². The van der Waals surface area contributed by atoms with Gasteiger partial charge in [0.15, 0.2) is 0 Å². The molecular formula is C27H21ClN2O2. The third-order valence-electron chi connectivity index (χ3n) is 5.81. The molecule has 0 bridgehead atoms. The normalized spacial score (nSPS) is 13.0. The van der Waals surface area contributed by atoms with Crippen molar-refractivity contribution in [2.75, 3.05) is 18.4 Å². The van der Waals surface area contributed by atoms with Gasteiger partial charge >= 0.3 is 0 Å². The standard InChI is InChI=1S/C27H21ClN2O2/c28-21-12-8-18(9-13-21)19-10-14-22(15-11-19)29-16-3-17-30-26(31)23-6-1-4-20-5-2-7-24(25(20)23)27(30)32/h1-2,4-15,29H,3,16-17H2. The fraction of sp³-hybridized carbons (Fsp3) is 0.111. The highest BCUT2D eigenvalue weighted by molar-refractivity contribution is 6.30. The summed E-state index contributed by atoms with van der Waals surface area (Å²) in [4.78, 5) is 27.3. The van der Waals surface area contributed by atoms with Crippen LogP contribution in [0.5, 0.6) is 0 Å². The molecule has 1 heterocycles. The van der Waals surface area contributed by atoms with Crippen molar-refractivity contribution in [3.05, 3.63) is 101 Å². The lowest BCUT2D eigenvalue weighted by atomic mass is 9.94. The summed E-state index contributed by atoms with van der Waals surface area (Å²) in [7, 11) is 0. The summed E-state index contributed by atoms with van der Waals surface area (Å²) >= 11 is 5.96. The topological polar surface area (TPSA) is 49.4 Å². The van der Waals surface area contributed by atoms with E-state index in [0.29, 0.717) is 30.6 Å². The van der Waals surface area contributed by atoms with E-state index in [2.05, 4.69) is 17.4 Å². The highest BCUT2D eigenvalue weighted by atomic mass is 35.5. The van der Waals surface area contributed by atoms with Crippen LogP contribution in [0.2, 0.25) is 5.02 Å². The second-order valence-electron chi connectivity index (χ2n) is 7.84. The molecule has 0 atom stereocenters. The molecule has 4 aromatic rings. The molecule has 0 radical (unpaired) electrons. The van der Waals surface area contributed by atoms with Gasteiger partial charge in [0, 0.05) is 40.3 Å². The minimum absolute atomic E-state index is 0.216. The highest BCUT2D eigenvalue weighted by Crippen LogP contribution is 2.30. The lowest BCUT2D eigenvalue weighted by Crippen LogP contribution is -2.41. The molecule has 1 aliphatic heterocycles. The predicted octanol–water partition coefficient (Wildman–Crippen LogP) is 6.26. The van der Waals surface area contributed by atoms with Crippen LogP contribution < -0.4 is 5.32 Å². The lowest BCUT2D eigenvalue weighted by molar-refractivity contribution is 0.0610. The van der Waals surface area contributed by atoms with Gasteiger partial charge in [0.2, 0.25) is 0 Å². The van der Waals surface area contributed by atoms with E-state index >= 15 is 0 Å². The zero-order chi connectivity index (χ0) is 22.1. The van der Waals surface area contributed by atoms with E-state index in [4.69, 9.17) is 11.6 Å². The third kappa shape index (κ3) is 3.74. The van der Waals surface area contributed by atoms with Gasteiger partial charge in [0.1, 0.15) is 0 Å². The quantitative estimate of drug-likeness (QED) is 0.284. The second kappa shape index (κ2) is 8.48. The van der Waals surface area contributed by atoms with Crippen molar-refractivity contribution >= 4 is 39.9 Å². The van der Waals surface area contributed by atoms with Gasteiger partial charge in [-0.25, -0.2) is 0 Å². The van der Waals surface area contributed by atoms with Crippen LogP contribution in [0.1, 0.15) is 27.1 Å². The van der Waals surface area contributed by atoms with E-state index in [1.165, 1.54) is 4.90 Å². The molecule has 0 saturated carbocycles. The summed E-state index contributed by atoms with van der Waals surface area (Å²) in [6, 6.07) is 27.1. The first-order chi connectivity index (χ1) is 15.6. The van der Waals surface area contributed by atoms with Crippen molar-refractivity contribution in [2.45, 2.75) is 6.42 Å². The number of hydrogen-bond acceptors (Lipinski definition) is 3. The lowest BCUT2D eigenvalue weighted by Gasteiger charge is -2.27. The molecule has 0 saturated heterocycles. The van der Waals surface area contributed by atoms with E-state index < -0.39 is 0 Å². The van der Waals surface area contributed by atoms with Gasteiger partial charge in [-0.05, 0) is 59.3 Å². The largest absolute Gasteiger partial charge is 0.385 e. The number of nitrogens with one attached hydrogen (secondary N) is 1. The van der Waals surface area contributed by atoms with Gasteiger partial charge < -0.3 is 5.32 Å². The Labute approximate surface area is 191 Å². The zero-order valence-electron chi connectivity index (χ0n) is 17.3. The Hall–Kier alpha value is -3.63. The Kier molecular flexibility index (Phi) is 5.38. The molecule has 0 aliphatic carbocycles. The summed E-state index contributed by atoms with van der Waals surface area (Å²) in [5.41, 5.74) is 4.42. The Morgan fingerprint density at radius 1 is 0.719 bits per heavy atom. The highest BCUT2D eigenvalue weighted by Gasteiger charge is 2.31. The summed E-state index contributed by atoms with van der Waals surface area (Å²) in [6.45, 7) is 1.03. The van der Waals surface area contributed by atoms with E-state index in [1.807, 2.05) is 60.7 Å². The maximum absolute atomic E-state index is 12.9. The van der Waals surface area contributed by atoms with E-state index in [9.17, 15) is 9.59 Å². The number of hydrogen-bond donors (Lipinski definition) is 1. The number of imide groups is 1. The number of anilines is 1. The average molecular weight is 441 g/mol. The number of amides is 2. The molecule has 4 nitrogen and oxygen atoms in total. The van der Waals surface area contributed by atoms with Crippen LogP contribution >= 0.6 is 11.6 Å². The van der Waals surface area contributed by atoms with Crippen molar-refractivity contribution in [3.8, 4) is 11.1 Å². The van der Waals surface area contributed by atoms with Gasteiger partial charge in [0.05, 0.1) is 0 Å². The molecule has 0 spiro atoms. The van der Waals surface area contributed by atoms with Crippen molar-refractivity contribution in [2.24, 2.45) is 0 Å². The summed E-state index contributed by atoms with van der Waals surface area (Å²) in [6.07, 6.45) is 0.661. The monoisotopic (exact) mass is 440 g/mol. The predicted molar refractivity (Wildman–Crippen MR) is 129 cm³/mol. The minimum atomic E-state index is -0.216. The first-order valence-electron chi connectivity index (χ1n) is 10.6. The van der Waals surface area contributed by atoms with Crippen molar-refractivity contribution < 1.29 is 9.59 Å². The average Bonchev–Trinajstić information content (AvgIpc) is 2.83. The van der Waals surface area contributed by atoms with E-state index in [1.54, 1.807) is 12.1 Å². The molecule has 1 aliphatic rings. The van der Waals surface area contributed by atoms with Crippen LogP contribution in [-0.4, -0.2) is 29.8 Å². The molecule has 32 heavy (non-hydrogen) atoms. The molecule has 1 N–H and O–H groups in total. The van der Waals surface area contributed by atoms with Gasteiger partial charge in [-0.1, -0.05) is 60.1 Å². The molecule has 0 fully saturated rings. The van der Waals surface area contributed by atoms with Crippen molar-refractivity contribution in [1.82, 2.24) is 4.90 Å². The smallest absolute Gasteiger partial charge is 0.261 e. The molecule has 158 valence electrons. The first-order valence-corrected chi connectivity index (χ1v) is 11.0. The van der Waals surface area contributed by atoms with Gasteiger partial charge in [-0.2, -0.15) is 0 Å². The van der Waals surface area contributed by atoms with Crippen molar-refractivity contribution in [1.29, 1.82) is 0 Å². The van der Waals surface area contributed by atoms with Gasteiger partial charge in [0.25, 0.3) is 11.8 Å². The SMILES string of the molecule is O=C1c2cccc3cccc(c23)C(=O)N1CCCNc1ccc(-c2ccc(Cl)cc2)cc1. The summed E-state index contributed by atoms with van der Waals surface area (Å²) in [5, 5.41) is 5.78. The molecular weight excluding hydrogens is 420 g/mol. The van der Waals surface area contributed by atoms with Crippen LogP contribution in [0.4, 0.5) is 5.69 Å². The Morgan fingerprint density at radius 2 is 1.28 bits per heavy atom. The third-order valence-corrected chi connectivity index (χ3v) is 6.06. The van der Waals surface area contributed by atoms with Gasteiger partial charge in [-0.3, -0.25) is 14.5 Å². The number of rotatable bonds is 6. The Balaban J connectivity index is 1.21. The molecule has 0 aromatic heterocycles. The molecule has 4 aromatic carbocycles. The Morgan fingerprint density at radius 3 is 1.88 bits per heavy atom. The fourth-order valence-electron chi connectivity index (χ4n) is 4.18. The molecule has 2 amide bonds. The minimum Gasteiger partial charge on any atom is -0.385 e. The maximum Gasteiger partial charge on any atom is 0.261 e. The van der Waals surface area contributed by atoms with Crippen LogP contribution in [0, 0.1) is 0 Å². The number of carbonyl (C=O) groups is 2. The second-order valence-corrected chi connectivity index (χ2v) is 8.27. The van der Waals surface area contributed by atoms with Crippen LogP contribution in [-0.2, 0) is 0 Å². The van der Waals surface area contributed by atoms with Crippen LogP contribution in [0.15, 0.2) is 84.9 Å². The fourth-order valence-corrected chi connectivity index (χ4v) is 4.30. The number of nitrogens with zero attached hydrogens (tertiary/aromatic N) is 1. The molecule has 0 unspecified atom stereocenters.